The molecule has 0 heterocycles. The third kappa shape index (κ3) is 3.14. The van der Waals surface area contributed by atoms with Gasteiger partial charge < -0.3 is 0 Å². The molecule has 0 aliphatic heterocycles. The second-order valence-corrected chi connectivity index (χ2v) is 4.44. The Morgan fingerprint density at radius 2 is 1.82 bits per heavy atom. The number of alkyl halides is 5. The minimum atomic E-state index is -4.90. The predicted molar refractivity (Wildman–Crippen MR) is 59.1 cm³/mol. The fourth-order valence-corrected chi connectivity index (χ4v) is 2.16. The molecular weight excluding hydrogens is 358 g/mol. The number of rotatable bonds is 2. The topological polar surface area (TPSA) is 17.1 Å². The zero-order chi connectivity index (χ0) is 13.4. The predicted octanol–water partition coefficient (Wildman–Crippen LogP) is 4.45. The molecule has 0 amide bonds. The number of Topliss-reactive ketones (excluding diaryl/α,β-unsaturated/α-hetero) is 1. The van der Waals surface area contributed by atoms with Gasteiger partial charge >= 0.3 is 6.18 Å². The molecule has 0 fully saturated rings. The summed E-state index contributed by atoms with van der Waals surface area (Å²) in [6.07, 6.45) is -8.14. The number of carbonyl (C=O) groups is 1. The first-order chi connectivity index (χ1) is 7.64. The average molecular weight is 364 g/mol. The summed E-state index contributed by atoms with van der Waals surface area (Å²) in [6, 6.07) is 1.18. The van der Waals surface area contributed by atoms with Gasteiger partial charge in [-0.3, -0.25) is 4.79 Å². The molecule has 17 heavy (non-hydrogen) atoms. The lowest BCUT2D eigenvalue weighted by molar-refractivity contribution is -0.139. The van der Waals surface area contributed by atoms with Crippen LogP contribution in [0.5, 0.6) is 0 Å². The van der Waals surface area contributed by atoms with Gasteiger partial charge in [-0.2, -0.15) is 13.2 Å². The highest BCUT2D eigenvalue weighted by molar-refractivity contribution is 14.1. The third-order valence-electron chi connectivity index (χ3n) is 2.06. The molecule has 0 atom stereocenters. The van der Waals surface area contributed by atoms with E-state index in [9.17, 15) is 26.7 Å². The SMILES string of the molecule is CC(=O)c1cc(C(F)(F)F)c(C(F)F)cc1I. The van der Waals surface area contributed by atoms with Gasteiger partial charge in [-0.1, -0.05) is 0 Å². The lowest BCUT2D eigenvalue weighted by Gasteiger charge is -2.14. The Balaban J connectivity index is 3.54. The Kier molecular flexibility index (Phi) is 4.11. The first kappa shape index (κ1) is 14.3. The molecule has 7 heteroatoms. The molecule has 94 valence electrons. The van der Waals surface area contributed by atoms with Crippen LogP contribution >= 0.6 is 22.6 Å². The Labute approximate surface area is 107 Å². The maximum Gasteiger partial charge on any atom is 0.416 e. The van der Waals surface area contributed by atoms with E-state index >= 15 is 0 Å². The van der Waals surface area contributed by atoms with E-state index in [1.165, 1.54) is 0 Å². The summed E-state index contributed by atoms with van der Waals surface area (Å²) >= 11 is 1.56. The van der Waals surface area contributed by atoms with Crippen LogP contribution in [0.1, 0.15) is 34.8 Å². The molecule has 0 aliphatic carbocycles. The smallest absolute Gasteiger partial charge is 0.294 e. The number of halogens is 6. The Morgan fingerprint density at radius 1 is 1.29 bits per heavy atom. The molecule has 1 nitrogen and oxygen atoms in total. The van der Waals surface area contributed by atoms with E-state index in [0.29, 0.717) is 12.1 Å². The fourth-order valence-electron chi connectivity index (χ4n) is 1.28. The van der Waals surface area contributed by atoms with Crippen LogP contribution in [-0.4, -0.2) is 5.78 Å². The van der Waals surface area contributed by atoms with Crippen molar-refractivity contribution in [2.75, 3.05) is 0 Å². The van der Waals surface area contributed by atoms with E-state index in [-0.39, 0.29) is 9.13 Å². The second kappa shape index (κ2) is 4.87. The van der Waals surface area contributed by atoms with Crippen molar-refractivity contribution in [3.05, 3.63) is 32.4 Å². The summed E-state index contributed by atoms with van der Waals surface area (Å²) in [6.45, 7) is 1.08. The maximum atomic E-state index is 12.5. The van der Waals surface area contributed by atoms with E-state index in [4.69, 9.17) is 0 Å². The molecule has 0 radical (unpaired) electrons. The van der Waals surface area contributed by atoms with Crippen LogP contribution in [0.25, 0.3) is 0 Å². The molecule has 0 aliphatic rings. The van der Waals surface area contributed by atoms with Crippen molar-refractivity contribution in [2.45, 2.75) is 19.5 Å². The summed E-state index contributed by atoms with van der Waals surface area (Å²) in [7, 11) is 0. The molecule has 0 unspecified atom stereocenters. The van der Waals surface area contributed by atoms with E-state index < -0.39 is 29.5 Å². The monoisotopic (exact) mass is 364 g/mol. The normalized spacial score (nSPS) is 12.0. The average Bonchev–Trinajstić information content (AvgIpc) is 2.14. The van der Waals surface area contributed by atoms with Crippen LogP contribution in [0.3, 0.4) is 0 Å². The largest absolute Gasteiger partial charge is 0.416 e. The van der Waals surface area contributed by atoms with Crippen LogP contribution in [0.4, 0.5) is 22.0 Å². The second-order valence-electron chi connectivity index (χ2n) is 3.27. The van der Waals surface area contributed by atoms with Crippen LogP contribution in [0, 0.1) is 3.57 Å². The Bertz CT molecular complexity index is 453. The summed E-state index contributed by atoms with van der Waals surface area (Å²) < 4.78 is 62.7. The van der Waals surface area contributed by atoms with Crippen molar-refractivity contribution in [3.63, 3.8) is 0 Å². The fraction of sp³-hybridized carbons (Fsp3) is 0.300. The van der Waals surface area contributed by atoms with Crippen molar-refractivity contribution >= 4 is 28.4 Å². The Morgan fingerprint density at radius 3 is 2.18 bits per heavy atom. The number of benzene rings is 1. The highest BCUT2D eigenvalue weighted by Crippen LogP contribution is 2.38. The van der Waals surface area contributed by atoms with Gasteiger partial charge in [0.1, 0.15) is 0 Å². The summed E-state index contributed by atoms with van der Waals surface area (Å²) in [4.78, 5) is 11.1. The maximum absolute atomic E-state index is 12.5. The highest BCUT2D eigenvalue weighted by Gasteiger charge is 2.36. The van der Waals surface area contributed by atoms with Crippen LogP contribution in [0.15, 0.2) is 12.1 Å². The first-order valence-corrected chi connectivity index (χ1v) is 5.42. The molecule has 0 aromatic heterocycles. The number of carbonyl (C=O) groups excluding carboxylic acids is 1. The summed E-state index contributed by atoms with van der Waals surface area (Å²) in [5.74, 6) is -0.597. The summed E-state index contributed by atoms with van der Waals surface area (Å²) in [5.41, 5.74) is -2.77. The van der Waals surface area contributed by atoms with Crippen LogP contribution in [0.2, 0.25) is 0 Å². The first-order valence-electron chi connectivity index (χ1n) is 4.34. The standard InChI is InChI=1S/C10H6F5IO/c1-4(17)5-2-7(10(13,14)15)6(9(11)12)3-8(5)16/h2-3,9H,1H3. The van der Waals surface area contributed by atoms with Gasteiger partial charge in [0.2, 0.25) is 0 Å². The summed E-state index contributed by atoms with van der Waals surface area (Å²) in [5, 5.41) is 0. The minimum Gasteiger partial charge on any atom is -0.294 e. The zero-order valence-electron chi connectivity index (χ0n) is 8.41. The Hall–Kier alpha value is -0.730. The van der Waals surface area contributed by atoms with Crippen molar-refractivity contribution in [1.82, 2.24) is 0 Å². The highest BCUT2D eigenvalue weighted by atomic mass is 127. The zero-order valence-corrected chi connectivity index (χ0v) is 10.6. The van der Waals surface area contributed by atoms with Crippen molar-refractivity contribution in [2.24, 2.45) is 0 Å². The van der Waals surface area contributed by atoms with Crippen molar-refractivity contribution in [1.29, 1.82) is 0 Å². The van der Waals surface area contributed by atoms with Gasteiger partial charge in [-0.25, -0.2) is 8.78 Å². The van der Waals surface area contributed by atoms with Gasteiger partial charge in [0.15, 0.2) is 5.78 Å². The number of ketones is 1. The third-order valence-corrected chi connectivity index (χ3v) is 2.95. The van der Waals surface area contributed by atoms with Gasteiger partial charge in [0.05, 0.1) is 5.56 Å². The lowest BCUT2D eigenvalue weighted by Crippen LogP contribution is -2.12. The van der Waals surface area contributed by atoms with Crippen LogP contribution < -0.4 is 0 Å². The van der Waals surface area contributed by atoms with Gasteiger partial charge in [0.25, 0.3) is 6.43 Å². The molecule has 1 rings (SSSR count). The molecule has 1 aromatic rings. The van der Waals surface area contributed by atoms with E-state index in [0.717, 1.165) is 6.92 Å². The number of hydrogen-bond acceptors (Lipinski definition) is 1. The quantitative estimate of drug-likeness (QED) is 0.431. The van der Waals surface area contributed by atoms with Crippen LogP contribution in [-0.2, 0) is 6.18 Å². The molecule has 0 N–H and O–H groups in total. The molecule has 1 aromatic carbocycles. The van der Waals surface area contributed by atoms with Gasteiger partial charge in [-0.15, -0.1) is 0 Å². The van der Waals surface area contributed by atoms with E-state index in [1.807, 2.05) is 0 Å². The van der Waals surface area contributed by atoms with Crippen molar-refractivity contribution < 1.29 is 26.7 Å². The molecule has 0 spiro atoms. The van der Waals surface area contributed by atoms with Gasteiger partial charge in [0, 0.05) is 14.7 Å². The number of hydrogen-bond donors (Lipinski definition) is 0. The molecule has 0 bridgehead atoms. The molecule has 0 saturated heterocycles. The molecular formula is C10H6F5IO. The minimum absolute atomic E-state index is 0.0819. The lowest BCUT2D eigenvalue weighted by atomic mass is 10.0. The molecule has 0 saturated carbocycles. The van der Waals surface area contributed by atoms with Crippen molar-refractivity contribution in [3.8, 4) is 0 Å². The van der Waals surface area contributed by atoms with Gasteiger partial charge in [-0.05, 0) is 41.6 Å². The van der Waals surface area contributed by atoms with E-state index in [2.05, 4.69) is 0 Å². The van der Waals surface area contributed by atoms with E-state index in [1.54, 1.807) is 22.6 Å².